The van der Waals surface area contributed by atoms with E-state index >= 15 is 0 Å². The average molecular weight is 235 g/mol. The van der Waals surface area contributed by atoms with Crippen LogP contribution < -0.4 is 5.32 Å². The van der Waals surface area contributed by atoms with Crippen LogP contribution in [0.15, 0.2) is 24.3 Å². The van der Waals surface area contributed by atoms with E-state index in [1.165, 1.54) is 11.1 Å². The maximum atomic E-state index is 5.30. The van der Waals surface area contributed by atoms with E-state index in [1.807, 2.05) is 7.05 Å². The average Bonchev–Trinajstić information content (AvgIpc) is 2.39. The van der Waals surface area contributed by atoms with E-state index in [-0.39, 0.29) is 0 Å². The van der Waals surface area contributed by atoms with Gasteiger partial charge in [0, 0.05) is 13.2 Å². The molecule has 17 heavy (non-hydrogen) atoms. The van der Waals surface area contributed by atoms with Crippen LogP contribution in [-0.4, -0.2) is 20.3 Å². The van der Waals surface area contributed by atoms with Crippen molar-refractivity contribution in [1.82, 2.24) is 5.32 Å². The summed E-state index contributed by atoms with van der Waals surface area (Å²) in [7, 11) is 3.80. The molecule has 0 spiro atoms. The van der Waals surface area contributed by atoms with Crippen molar-refractivity contribution in [2.45, 2.75) is 45.3 Å². The van der Waals surface area contributed by atoms with Crippen LogP contribution in [0.25, 0.3) is 0 Å². The third-order valence-electron chi connectivity index (χ3n) is 3.37. The van der Waals surface area contributed by atoms with Crippen LogP contribution in [0.2, 0.25) is 0 Å². The van der Waals surface area contributed by atoms with Crippen LogP contribution in [0.5, 0.6) is 0 Å². The van der Waals surface area contributed by atoms with E-state index in [2.05, 4.69) is 43.4 Å². The van der Waals surface area contributed by atoms with Crippen LogP contribution in [-0.2, 0) is 11.2 Å². The fourth-order valence-corrected chi connectivity index (χ4v) is 2.03. The Hall–Kier alpha value is -0.860. The first-order valence-electron chi connectivity index (χ1n) is 6.50. The van der Waals surface area contributed by atoms with Gasteiger partial charge in [-0.25, -0.2) is 0 Å². The molecule has 2 nitrogen and oxygen atoms in total. The van der Waals surface area contributed by atoms with Gasteiger partial charge in [0.15, 0.2) is 0 Å². The lowest BCUT2D eigenvalue weighted by Gasteiger charge is -2.19. The summed E-state index contributed by atoms with van der Waals surface area (Å²) in [4.78, 5) is 0. The number of ether oxygens (including phenoxy) is 1. The summed E-state index contributed by atoms with van der Waals surface area (Å²) < 4.78 is 5.30. The minimum absolute atomic E-state index is 0.334. The first kappa shape index (κ1) is 14.2. The normalized spacial score (nSPS) is 14.6. The second-order valence-electron chi connectivity index (χ2n) is 4.56. The van der Waals surface area contributed by atoms with Gasteiger partial charge in [-0.2, -0.15) is 0 Å². The number of benzene rings is 1. The van der Waals surface area contributed by atoms with Gasteiger partial charge < -0.3 is 10.1 Å². The molecule has 0 aliphatic heterocycles. The molecule has 0 amide bonds. The third kappa shape index (κ3) is 4.49. The van der Waals surface area contributed by atoms with Crippen molar-refractivity contribution < 1.29 is 4.74 Å². The smallest absolute Gasteiger partial charge is 0.0543 e. The SMILES string of the molecule is CCc1cccc(C(CCC(C)OC)NC)c1. The molecule has 96 valence electrons. The Morgan fingerprint density at radius 1 is 1.29 bits per heavy atom. The van der Waals surface area contributed by atoms with Gasteiger partial charge in [0.05, 0.1) is 6.10 Å². The number of methoxy groups -OCH3 is 1. The molecule has 0 radical (unpaired) electrons. The predicted octanol–water partition coefficient (Wildman–Crippen LogP) is 3.32. The zero-order valence-electron chi connectivity index (χ0n) is 11.5. The molecule has 0 heterocycles. The van der Waals surface area contributed by atoms with Crippen molar-refractivity contribution in [3.8, 4) is 0 Å². The summed E-state index contributed by atoms with van der Waals surface area (Å²) in [5.74, 6) is 0. The summed E-state index contributed by atoms with van der Waals surface area (Å²) in [6.07, 6.45) is 3.62. The van der Waals surface area contributed by atoms with Crippen LogP contribution in [0.3, 0.4) is 0 Å². The zero-order valence-corrected chi connectivity index (χ0v) is 11.5. The molecule has 2 unspecified atom stereocenters. The standard InChI is InChI=1S/C15H25NO/c1-5-13-7-6-8-14(11-13)15(16-3)10-9-12(2)17-4/h6-8,11-12,15-16H,5,9-10H2,1-4H3. The van der Waals surface area contributed by atoms with Gasteiger partial charge in [-0.05, 0) is 44.4 Å². The molecule has 1 N–H and O–H groups in total. The second kappa shape index (κ2) is 7.46. The number of hydrogen-bond acceptors (Lipinski definition) is 2. The number of aryl methyl sites for hydroxylation is 1. The quantitative estimate of drug-likeness (QED) is 0.782. The van der Waals surface area contributed by atoms with Crippen molar-refractivity contribution in [3.63, 3.8) is 0 Å². The van der Waals surface area contributed by atoms with E-state index in [0.717, 1.165) is 19.3 Å². The molecule has 0 bridgehead atoms. The van der Waals surface area contributed by atoms with Crippen LogP contribution >= 0.6 is 0 Å². The van der Waals surface area contributed by atoms with E-state index in [4.69, 9.17) is 4.74 Å². The summed E-state index contributed by atoms with van der Waals surface area (Å²) in [5.41, 5.74) is 2.79. The van der Waals surface area contributed by atoms with Crippen molar-refractivity contribution in [2.75, 3.05) is 14.2 Å². The molecule has 1 rings (SSSR count). The van der Waals surface area contributed by atoms with Gasteiger partial charge in [0.2, 0.25) is 0 Å². The molecule has 2 heteroatoms. The molecule has 0 aliphatic carbocycles. The maximum absolute atomic E-state index is 5.30. The summed E-state index contributed by atoms with van der Waals surface area (Å²) >= 11 is 0. The van der Waals surface area contributed by atoms with Gasteiger partial charge in [-0.1, -0.05) is 31.2 Å². The Kier molecular flexibility index (Phi) is 6.23. The molecule has 2 atom stereocenters. The van der Waals surface area contributed by atoms with Crippen molar-refractivity contribution in [1.29, 1.82) is 0 Å². The first-order chi connectivity index (χ1) is 8.21. The Morgan fingerprint density at radius 3 is 2.65 bits per heavy atom. The highest BCUT2D eigenvalue weighted by Crippen LogP contribution is 2.20. The maximum Gasteiger partial charge on any atom is 0.0543 e. The molecule has 0 fully saturated rings. The number of hydrogen-bond donors (Lipinski definition) is 1. The van der Waals surface area contributed by atoms with E-state index in [1.54, 1.807) is 7.11 Å². The van der Waals surface area contributed by atoms with E-state index in [0.29, 0.717) is 12.1 Å². The largest absolute Gasteiger partial charge is 0.382 e. The Balaban J connectivity index is 2.65. The number of rotatable bonds is 7. The molecule has 0 aliphatic rings. The van der Waals surface area contributed by atoms with E-state index < -0.39 is 0 Å². The number of nitrogens with one attached hydrogen (secondary N) is 1. The minimum atomic E-state index is 0.334. The molecule has 0 saturated carbocycles. The highest BCUT2D eigenvalue weighted by Gasteiger charge is 2.11. The van der Waals surface area contributed by atoms with Crippen molar-refractivity contribution in [3.05, 3.63) is 35.4 Å². The Morgan fingerprint density at radius 2 is 2.06 bits per heavy atom. The lowest BCUT2D eigenvalue weighted by molar-refractivity contribution is 0.106. The topological polar surface area (TPSA) is 21.3 Å². The Bertz CT molecular complexity index is 324. The lowest BCUT2D eigenvalue weighted by atomic mass is 9.98. The highest BCUT2D eigenvalue weighted by atomic mass is 16.5. The predicted molar refractivity (Wildman–Crippen MR) is 73.3 cm³/mol. The summed E-state index contributed by atoms with van der Waals surface area (Å²) in [5, 5.41) is 3.39. The third-order valence-corrected chi connectivity index (χ3v) is 3.37. The van der Waals surface area contributed by atoms with Gasteiger partial charge in [-0.3, -0.25) is 0 Å². The van der Waals surface area contributed by atoms with Crippen molar-refractivity contribution >= 4 is 0 Å². The fraction of sp³-hybridized carbons (Fsp3) is 0.600. The van der Waals surface area contributed by atoms with E-state index in [9.17, 15) is 0 Å². The van der Waals surface area contributed by atoms with Crippen LogP contribution in [0, 0.1) is 0 Å². The molecule has 0 saturated heterocycles. The molecule has 1 aromatic carbocycles. The first-order valence-corrected chi connectivity index (χ1v) is 6.50. The van der Waals surface area contributed by atoms with Gasteiger partial charge in [0.25, 0.3) is 0 Å². The molecule has 1 aromatic rings. The summed E-state index contributed by atoms with van der Waals surface area (Å²) in [6, 6.07) is 9.28. The van der Waals surface area contributed by atoms with Gasteiger partial charge >= 0.3 is 0 Å². The molecule has 0 aromatic heterocycles. The Labute approximate surface area is 105 Å². The monoisotopic (exact) mass is 235 g/mol. The fourth-order valence-electron chi connectivity index (χ4n) is 2.03. The highest BCUT2D eigenvalue weighted by molar-refractivity contribution is 5.26. The second-order valence-corrected chi connectivity index (χ2v) is 4.56. The lowest BCUT2D eigenvalue weighted by Crippen LogP contribution is -2.18. The molecular formula is C15H25NO. The summed E-state index contributed by atoms with van der Waals surface area (Å²) in [6.45, 7) is 4.32. The van der Waals surface area contributed by atoms with Gasteiger partial charge in [0.1, 0.15) is 0 Å². The zero-order chi connectivity index (χ0) is 12.7. The molecular weight excluding hydrogens is 210 g/mol. The van der Waals surface area contributed by atoms with Crippen LogP contribution in [0.4, 0.5) is 0 Å². The minimum Gasteiger partial charge on any atom is -0.382 e. The van der Waals surface area contributed by atoms with Crippen molar-refractivity contribution in [2.24, 2.45) is 0 Å². The van der Waals surface area contributed by atoms with Gasteiger partial charge in [-0.15, -0.1) is 0 Å². The van der Waals surface area contributed by atoms with Crippen LogP contribution in [0.1, 0.15) is 43.9 Å².